The molecular formula is C11H19N7O2. The lowest BCUT2D eigenvalue weighted by atomic mass is 9.94. The van der Waals surface area contributed by atoms with Crippen LogP contribution in [-0.4, -0.2) is 41.3 Å². The number of rotatable bonds is 2. The molecule has 0 unspecified atom stereocenters. The molecule has 0 aromatic carbocycles. The van der Waals surface area contributed by atoms with E-state index in [1.165, 1.54) is 4.90 Å². The van der Waals surface area contributed by atoms with E-state index in [1.54, 1.807) is 27.7 Å². The maximum Gasteiger partial charge on any atom is 0.410 e. The Morgan fingerprint density at radius 1 is 1.30 bits per heavy atom. The highest BCUT2D eigenvalue weighted by Gasteiger charge is 2.38. The summed E-state index contributed by atoms with van der Waals surface area (Å²) in [6, 6.07) is -1.41. The van der Waals surface area contributed by atoms with Crippen molar-refractivity contribution in [3.8, 4) is 0 Å². The highest BCUT2D eigenvalue weighted by Crippen LogP contribution is 2.25. The number of amides is 1. The van der Waals surface area contributed by atoms with Gasteiger partial charge in [-0.05, 0) is 45.2 Å². The highest BCUT2D eigenvalue weighted by atomic mass is 16.6. The van der Waals surface area contributed by atoms with Gasteiger partial charge in [-0.2, -0.15) is 0 Å². The van der Waals surface area contributed by atoms with Crippen LogP contribution in [-0.2, 0) is 4.74 Å². The first-order valence-electron chi connectivity index (χ1n) is 6.38. The minimum Gasteiger partial charge on any atom is -0.444 e. The average molecular weight is 281 g/mol. The SMILES string of the molecule is C[C@H]1[C@@H](N=[N+]=[N-])[C@@H](N=[N+]=[N-])CCN1C(=O)OC(C)(C)C. The van der Waals surface area contributed by atoms with Gasteiger partial charge in [-0.25, -0.2) is 4.79 Å². The Bertz CT molecular complexity index is 460. The Morgan fingerprint density at radius 3 is 2.40 bits per heavy atom. The van der Waals surface area contributed by atoms with Gasteiger partial charge < -0.3 is 9.64 Å². The number of carbonyl (C=O) groups excluding carboxylic acids is 1. The van der Waals surface area contributed by atoms with Crippen molar-refractivity contribution in [2.24, 2.45) is 10.2 Å². The zero-order valence-corrected chi connectivity index (χ0v) is 12.1. The molecule has 1 heterocycles. The zero-order chi connectivity index (χ0) is 15.3. The van der Waals surface area contributed by atoms with Crippen molar-refractivity contribution in [1.29, 1.82) is 0 Å². The molecule has 1 aliphatic heterocycles. The summed E-state index contributed by atoms with van der Waals surface area (Å²) in [6.45, 7) is 7.51. The van der Waals surface area contributed by atoms with Crippen LogP contribution in [0.4, 0.5) is 4.79 Å². The van der Waals surface area contributed by atoms with Gasteiger partial charge in [-0.3, -0.25) is 0 Å². The summed E-state index contributed by atoms with van der Waals surface area (Å²) >= 11 is 0. The maximum absolute atomic E-state index is 12.1. The Hall–Kier alpha value is -2.11. The van der Waals surface area contributed by atoms with E-state index in [0.29, 0.717) is 13.0 Å². The van der Waals surface area contributed by atoms with E-state index in [1.807, 2.05) is 0 Å². The Labute approximate surface area is 117 Å². The molecule has 1 fully saturated rings. The molecule has 0 aromatic rings. The summed E-state index contributed by atoms with van der Waals surface area (Å²) in [6.07, 6.45) is -0.0142. The zero-order valence-electron chi connectivity index (χ0n) is 12.1. The maximum atomic E-state index is 12.1. The van der Waals surface area contributed by atoms with Crippen LogP contribution in [0.15, 0.2) is 10.2 Å². The molecular weight excluding hydrogens is 262 g/mol. The Morgan fingerprint density at radius 2 is 1.90 bits per heavy atom. The fourth-order valence-electron chi connectivity index (χ4n) is 2.16. The average Bonchev–Trinajstić information content (AvgIpc) is 2.31. The molecule has 110 valence electrons. The lowest BCUT2D eigenvalue weighted by molar-refractivity contribution is 0.00758. The minimum absolute atomic E-state index is 0.384. The van der Waals surface area contributed by atoms with E-state index in [9.17, 15) is 4.79 Å². The van der Waals surface area contributed by atoms with E-state index < -0.39 is 23.8 Å². The molecule has 9 nitrogen and oxygen atoms in total. The molecule has 0 spiro atoms. The van der Waals surface area contributed by atoms with Gasteiger partial charge in [0.25, 0.3) is 0 Å². The molecule has 0 N–H and O–H groups in total. The van der Waals surface area contributed by atoms with Crippen molar-refractivity contribution in [1.82, 2.24) is 4.90 Å². The molecule has 0 aromatic heterocycles. The second-order valence-electron chi connectivity index (χ2n) is 5.67. The summed E-state index contributed by atoms with van der Waals surface area (Å²) < 4.78 is 5.32. The van der Waals surface area contributed by atoms with Crippen molar-refractivity contribution >= 4 is 6.09 Å². The van der Waals surface area contributed by atoms with Gasteiger partial charge in [-0.15, -0.1) is 0 Å². The Kier molecular flexibility index (Phi) is 5.07. The number of hydrogen-bond acceptors (Lipinski definition) is 4. The lowest BCUT2D eigenvalue weighted by Gasteiger charge is -2.40. The predicted molar refractivity (Wildman–Crippen MR) is 72.9 cm³/mol. The van der Waals surface area contributed by atoms with Gasteiger partial charge in [0.2, 0.25) is 0 Å². The van der Waals surface area contributed by atoms with E-state index in [4.69, 9.17) is 15.8 Å². The molecule has 20 heavy (non-hydrogen) atoms. The normalized spacial score (nSPS) is 26.2. The van der Waals surface area contributed by atoms with Crippen molar-refractivity contribution in [2.45, 2.75) is 57.8 Å². The van der Waals surface area contributed by atoms with Crippen LogP contribution in [0.3, 0.4) is 0 Å². The molecule has 1 amide bonds. The number of ether oxygens (including phenoxy) is 1. The Balaban J connectivity index is 2.90. The van der Waals surface area contributed by atoms with Crippen LogP contribution >= 0.6 is 0 Å². The van der Waals surface area contributed by atoms with Gasteiger partial charge >= 0.3 is 6.09 Å². The van der Waals surface area contributed by atoms with E-state index in [0.717, 1.165) is 0 Å². The fourth-order valence-corrected chi connectivity index (χ4v) is 2.16. The third-order valence-corrected chi connectivity index (χ3v) is 3.06. The smallest absolute Gasteiger partial charge is 0.410 e. The molecule has 9 heteroatoms. The fraction of sp³-hybridized carbons (Fsp3) is 0.909. The number of hydrogen-bond donors (Lipinski definition) is 0. The summed E-state index contributed by atoms with van der Waals surface area (Å²) in [4.78, 5) is 19.1. The quantitative estimate of drug-likeness (QED) is 0.436. The van der Waals surface area contributed by atoms with Gasteiger partial charge in [0, 0.05) is 28.5 Å². The summed E-state index contributed by atoms with van der Waals surface area (Å²) in [5, 5.41) is 7.30. The molecule has 3 atom stereocenters. The summed E-state index contributed by atoms with van der Waals surface area (Å²) in [7, 11) is 0. The van der Waals surface area contributed by atoms with Gasteiger partial charge in [0.1, 0.15) is 5.60 Å². The molecule has 0 aliphatic carbocycles. The van der Waals surface area contributed by atoms with Crippen molar-refractivity contribution in [3.63, 3.8) is 0 Å². The van der Waals surface area contributed by atoms with Crippen LogP contribution in [0.5, 0.6) is 0 Å². The van der Waals surface area contributed by atoms with Crippen LogP contribution < -0.4 is 0 Å². The third kappa shape index (κ3) is 3.94. The van der Waals surface area contributed by atoms with Gasteiger partial charge in [0.05, 0.1) is 6.04 Å². The lowest BCUT2D eigenvalue weighted by Crippen LogP contribution is -2.54. The van der Waals surface area contributed by atoms with Crippen molar-refractivity contribution in [3.05, 3.63) is 20.9 Å². The second-order valence-corrected chi connectivity index (χ2v) is 5.67. The molecule has 0 bridgehead atoms. The van der Waals surface area contributed by atoms with Crippen LogP contribution in [0, 0.1) is 0 Å². The van der Waals surface area contributed by atoms with Gasteiger partial charge in [0.15, 0.2) is 0 Å². The van der Waals surface area contributed by atoms with E-state index in [2.05, 4.69) is 20.1 Å². The standard InChI is InChI=1S/C11H19N7O2/c1-7-9(15-17-13)8(14-16-12)5-6-18(7)10(19)20-11(2,3)4/h7-9H,5-6H2,1-4H3/t7-,8-,9+/m0/s1. The summed E-state index contributed by atoms with van der Waals surface area (Å²) in [5.41, 5.74) is 16.6. The first-order chi connectivity index (χ1) is 9.30. The summed E-state index contributed by atoms with van der Waals surface area (Å²) in [5.74, 6) is 0. The predicted octanol–water partition coefficient (Wildman–Crippen LogP) is 3.37. The monoisotopic (exact) mass is 281 g/mol. The van der Waals surface area contributed by atoms with Crippen LogP contribution in [0.25, 0.3) is 20.9 Å². The van der Waals surface area contributed by atoms with Crippen LogP contribution in [0.2, 0.25) is 0 Å². The third-order valence-electron chi connectivity index (χ3n) is 3.06. The number of carbonyl (C=O) groups is 1. The first kappa shape index (κ1) is 15.9. The molecule has 1 aliphatic rings. The van der Waals surface area contributed by atoms with Gasteiger partial charge in [-0.1, -0.05) is 10.2 Å². The van der Waals surface area contributed by atoms with E-state index in [-0.39, 0.29) is 6.04 Å². The number of nitrogens with zero attached hydrogens (tertiary/aromatic N) is 7. The minimum atomic E-state index is -0.591. The molecule has 0 saturated carbocycles. The number of likely N-dealkylation sites (tertiary alicyclic amines) is 1. The van der Waals surface area contributed by atoms with Crippen molar-refractivity contribution in [2.75, 3.05) is 6.54 Å². The second kappa shape index (κ2) is 6.36. The number of piperidine rings is 1. The van der Waals surface area contributed by atoms with E-state index >= 15 is 0 Å². The van der Waals surface area contributed by atoms with Crippen LogP contribution in [0.1, 0.15) is 34.1 Å². The first-order valence-corrected chi connectivity index (χ1v) is 6.38. The highest BCUT2D eigenvalue weighted by molar-refractivity contribution is 5.68. The topological polar surface area (TPSA) is 127 Å². The molecule has 1 saturated heterocycles. The van der Waals surface area contributed by atoms with Crippen molar-refractivity contribution < 1.29 is 9.53 Å². The largest absolute Gasteiger partial charge is 0.444 e. The molecule has 0 radical (unpaired) electrons. The number of azide groups is 2. The molecule has 1 rings (SSSR count).